The van der Waals surface area contributed by atoms with Gasteiger partial charge >= 0.3 is 0 Å². The van der Waals surface area contributed by atoms with Crippen LogP contribution >= 0.6 is 23.2 Å². The molecule has 0 spiro atoms. The van der Waals surface area contributed by atoms with E-state index in [0.717, 1.165) is 11.1 Å². The second-order valence-electron chi connectivity index (χ2n) is 6.12. The Hall–Kier alpha value is -2.95. The van der Waals surface area contributed by atoms with Gasteiger partial charge in [0.2, 0.25) is 5.91 Å². The lowest BCUT2D eigenvalue weighted by atomic mass is 10.1. The molecule has 6 heteroatoms. The van der Waals surface area contributed by atoms with Gasteiger partial charge in [-0.2, -0.15) is 0 Å². The van der Waals surface area contributed by atoms with Crippen LogP contribution in [0.5, 0.6) is 11.5 Å². The molecule has 0 aromatic heterocycles. The molecule has 0 atom stereocenters. The number of benzene rings is 3. The number of anilines is 1. The van der Waals surface area contributed by atoms with Crippen LogP contribution in [0.15, 0.2) is 72.8 Å². The Morgan fingerprint density at radius 2 is 1.62 bits per heavy atom. The molecular formula is C23H19Cl2NO3. The lowest BCUT2D eigenvalue weighted by molar-refractivity contribution is -0.111. The molecule has 0 fully saturated rings. The number of halogens is 2. The highest BCUT2D eigenvalue weighted by molar-refractivity contribution is 6.30. The summed E-state index contributed by atoms with van der Waals surface area (Å²) in [6.45, 7) is 0.343. The zero-order valence-corrected chi connectivity index (χ0v) is 17.2. The Bertz CT molecular complexity index is 1000. The first-order valence-corrected chi connectivity index (χ1v) is 9.59. The molecule has 0 saturated carbocycles. The summed E-state index contributed by atoms with van der Waals surface area (Å²) >= 11 is 11.8. The Labute approximate surface area is 179 Å². The fourth-order valence-electron chi connectivity index (χ4n) is 2.60. The molecule has 3 aromatic carbocycles. The Kier molecular flexibility index (Phi) is 7.17. The summed E-state index contributed by atoms with van der Waals surface area (Å²) in [6, 6.07) is 19.8. The molecule has 148 valence electrons. The number of hydrogen-bond donors (Lipinski definition) is 1. The SMILES string of the molecule is COc1cccc(/C=C/C(=O)Nc2ccc(Cl)cc2)c1OCc1ccc(Cl)cc1. The molecule has 1 amide bonds. The second-order valence-corrected chi connectivity index (χ2v) is 7.00. The Morgan fingerprint density at radius 3 is 2.28 bits per heavy atom. The minimum Gasteiger partial charge on any atom is -0.493 e. The van der Waals surface area contributed by atoms with E-state index in [2.05, 4.69) is 5.32 Å². The van der Waals surface area contributed by atoms with Crippen molar-refractivity contribution in [1.82, 2.24) is 0 Å². The summed E-state index contributed by atoms with van der Waals surface area (Å²) in [6.07, 6.45) is 3.13. The lowest BCUT2D eigenvalue weighted by Crippen LogP contribution is -2.07. The maximum Gasteiger partial charge on any atom is 0.248 e. The van der Waals surface area contributed by atoms with Crippen LogP contribution < -0.4 is 14.8 Å². The normalized spacial score (nSPS) is 10.7. The van der Waals surface area contributed by atoms with Gasteiger partial charge in [0.15, 0.2) is 11.5 Å². The first-order chi connectivity index (χ1) is 14.0. The molecule has 29 heavy (non-hydrogen) atoms. The molecule has 0 aliphatic rings. The van der Waals surface area contributed by atoms with Crippen LogP contribution in [0.4, 0.5) is 5.69 Å². The van der Waals surface area contributed by atoms with E-state index >= 15 is 0 Å². The predicted molar refractivity (Wildman–Crippen MR) is 118 cm³/mol. The van der Waals surface area contributed by atoms with Crippen molar-refractivity contribution in [2.75, 3.05) is 12.4 Å². The van der Waals surface area contributed by atoms with Gasteiger partial charge in [0.1, 0.15) is 6.61 Å². The monoisotopic (exact) mass is 427 g/mol. The van der Waals surface area contributed by atoms with Crippen LogP contribution in [-0.2, 0) is 11.4 Å². The van der Waals surface area contributed by atoms with Crippen molar-refractivity contribution >= 4 is 40.9 Å². The minimum absolute atomic E-state index is 0.265. The topological polar surface area (TPSA) is 47.6 Å². The van der Waals surface area contributed by atoms with Crippen LogP contribution in [0.2, 0.25) is 10.0 Å². The van der Waals surface area contributed by atoms with Crippen molar-refractivity contribution in [2.45, 2.75) is 6.61 Å². The average Bonchev–Trinajstić information content (AvgIpc) is 2.73. The number of hydrogen-bond acceptors (Lipinski definition) is 3. The molecule has 0 aliphatic carbocycles. The fraction of sp³-hybridized carbons (Fsp3) is 0.0870. The highest BCUT2D eigenvalue weighted by atomic mass is 35.5. The number of carbonyl (C=O) groups is 1. The summed E-state index contributed by atoms with van der Waals surface area (Å²) in [5.74, 6) is 0.874. The molecular weight excluding hydrogens is 409 g/mol. The zero-order valence-electron chi connectivity index (χ0n) is 15.7. The van der Waals surface area contributed by atoms with Gasteiger partial charge in [0.25, 0.3) is 0 Å². The number of amides is 1. The maximum atomic E-state index is 12.2. The van der Waals surface area contributed by atoms with E-state index < -0.39 is 0 Å². The third kappa shape index (κ3) is 6.01. The number of carbonyl (C=O) groups excluding carboxylic acids is 1. The molecule has 1 N–H and O–H groups in total. The molecule has 4 nitrogen and oxygen atoms in total. The highest BCUT2D eigenvalue weighted by Crippen LogP contribution is 2.32. The minimum atomic E-state index is -0.265. The number of ether oxygens (including phenoxy) is 2. The molecule has 0 heterocycles. The largest absolute Gasteiger partial charge is 0.493 e. The van der Waals surface area contributed by atoms with Crippen LogP contribution in [0.25, 0.3) is 6.08 Å². The first-order valence-electron chi connectivity index (χ1n) is 8.84. The third-order valence-corrected chi connectivity index (χ3v) is 4.56. The molecule has 0 radical (unpaired) electrons. The van der Waals surface area contributed by atoms with Crippen LogP contribution in [0.1, 0.15) is 11.1 Å². The van der Waals surface area contributed by atoms with Crippen molar-refractivity contribution in [2.24, 2.45) is 0 Å². The maximum absolute atomic E-state index is 12.2. The summed E-state index contributed by atoms with van der Waals surface area (Å²) in [5.41, 5.74) is 2.36. The quantitative estimate of drug-likeness (QED) is 0.454. The van der Waals surface area contributed by atoms with Crippen molar-refractivity contribution in [1.29, 1.82) is 0 Å². The van der Waals surface area contributed by atoms with E-state index in [4.69, 9.17) is 32.7 Å². The van der Waals surface area contributed by atoms with Crippen LogP contribution in [-0.4, -0.2) is 13.0 Å². The number of rotatable bonds is 7. The standard InChI is InChI=1S/C23H19Cl2NO3/c1-28-21-4-2-3-17(23(21)29-15-16-5-8-18(24)9-6-16)7-14-22(27)26-20-12-10-19(25)11-13-20/h2-14H,15H2,1H3,(H,26,27)/b14-7+. The summed E-state index contributed by atoms with van der Waals surface area (Å²) in [7, 11) is 1.57. The van der Waals surface area contributed by atoms with Crippen LogP contribution in [0.3, 0.4) is 0 Å². The van der Waals surface area contributed by atoms with Crippen LogP contribution in [0, 0.1) is 0 Å². The number of para-hydroxylation sites is 1. The molecule has 0 bridgehead atoms. The van der Waals surface area contributed by atoms with Gasteiger partial charge in [-0.25, -0.2) is 0 Å². The van der Waals surface area contributed by atoms with E-state index in [0.29, 0.717) is 33.8 Å². The summed E-state index contributed by atoms with van der Waals surface area (Å²) in [5, 5.41) is 4.06. The van der Waals surface area contributed by atoms with Gasteiger partial charge in [-0.3, -0.25) is 4.79 Å². The molecule has 3 rings (SSSR count). The zero-order chi connectivity index (χ0) is 20.6. The number of methoxy groups -OCH3 is 1. The van der Waals surface area contributed by atoms with E-state index in [1.165, 1.54) is 6.08 Å². The van der Waals surface area contributed by atoms with Crippen molar-refractivity contribution < 1.29 is 14.3 Å². The number of nitrogens with one attached hydrogen (secondary N) is 1. The van der Waals surface area contributed by atoms with E-state index in [9.17, 15) is 4.79 Å². The Morgan fingerprint density at radius 1 is 0.966 bits per heavy atom. The highest BCUT2D eigenvalue weighted by Gasteiger charge is 2.10. The van der Waals surface area contributed by atoms with Gasteiger partial charge in [-0.1, -0.05) is 47.5 Å². The molecule has 0 saturated heterocycles. The van der Waals surface area contributed by atoms with Crippen molar-refractivity contribution in [3.05, 3.63) is 94.0 Å². The fourth-order valence-corrected chi connectivity index (χ4v) is 2.85. The summed E-state index contributed by atoms with van der Waals surface area (Å²) in [4.78, 5) is 12.2. The second kappa shape index (κ2) is 10.0. The first kappa shape index (κ1) is 20.8. The van der Waals surface area contributed by atoms with E-state index in [1.807, 2.05) is 42.5 Å². The van der Waals surface area contributed by atoms with E-state index in [1.54, 1.807) is 37.5 Å². The molecule has 3 aromatic rings. The smallest absolute Gasteiger partial charge is 0.248 e. The molecule has 0 unspecified atom stereocenters. The van der Waals surface area contributed by atoms with Gasteiger partial charge < -0.3 is 14.8 Å². The average molecular weight is 428 g/mol. The van der Waals surface area contributed by atoms with Gasteiger partial charge in [-0.05, 0) is 54.1 Å². The third-order valence-electron chi connectivity index (χ3n) is 4.05. The predicted octanol–water partition coefficient (Wildman–Crippen LogP) is 6.23. The van der Waals surface area contributed by atoms with Gasteiger partial charge in [0.05, 0.1) is 7.11 Å². The summed E-state index contributed by atoms with van der Waals surface area (Å²) < 4.78 is 11.4. The lowest BCUT2D eigenvalue weighted by Gasteiger charge is -2.13. The van der Waals surface area contributed by atoms with Gasteiger partial charge in [-0.15, -0.1) is 0 Å². The Balaban J connectivity index is 1.73. The van der Waals surface area contributed by atoms with E-state index in [-0.39, 0.29) is 5.91 Å². The van der Waals surface area contributed by atoms with Crippen molar-refractivity contribution in [3.63, 3.8) is 0 Å². The van der Waals surface area contributed by atoms with Gasteiger partial charge in [0, 0.05) is 27.4 Å². The molecule has 0 aliphatic heterocycles. The van der Waals surface area contributed by atoms with Crippen molar-refractivity contribution in [3.8, 4) is 11.5 Å².